The first kappa shape index (κ1) is 12.3. The smallest absolute Gasteiger partial charge is 0.339 e. The predicted molar refractivity (Wildman–Crippen MR) is 70.1 cm³/mol. The zero-order valence-corrected chi connectivity index (χ0v) is 10.5. The van der Waals surface area contributed by atoms with Gasteiger partial charge in [-0.2, -0.15) is 5.10 Å². The maximum atomic E-state index is 12.9. The van der Waals surface area contributed by atoms with Crippen molar-refractivity contribution in [2.45, 2.75) is 6.92 Å². The average molecular weight is 271 g/mol. The summed E-state index contributed by atoms with van der Waals surface area (Å²) in [6, 6.07) is 5.98. The maximum absolute atomic E-state index is 12.9. The molecule has 5 nitrogen and oxygen atoms in total. The van der Waals surface area contributed by atoms with Crippen molar-refractivity contribution in [2.75, 3.05) is 0 Å². The number of hydrogen-bond acceptors (Lipinski definition) is 3. The highest BCUT2D eigenvalue weighted by molar-refractivity contribution is 5.89. The Balaban J connectivity index is 2.22. The summed E-state index contributed by atoms with van der Waals surface area (Å²) in [6.45, 7) is 1.67. The number of benzene rings is 1. The molecule has 1 N–H and O–H groups in total. The SMILES string of the molecule is Cc1c(C(=O)O)cnc2c(-c3ccc(F)cc3)cnn12. The summed E-state index contributed by atoms with van der Waals surface area (Å²) < 4.78 is 14.4. The Morgan fingerprint density at radius 3 is 2.60 bits per heavy atom. The molecule has 0 saturated carbocycles. The second-order valence-electron chi connectivity index (χ2n) is 4.36. The van der Waals surface area contributed by atoms with Crippen LogP contribution in [0.2, 0.25) is 0 Å². The summed E-state index contributed by atoms with van der Waals surface area (Å²) >= 11 is 0. The Kier molecular flexibility index (Phi) is 2.71. The minimum atomic E-state index is -1.05. The Morgan fingerprint density at radius 2 is 1.95 bits per heavy atom. The lowest BCUT2D eigenvalue weighted by Crippen LogP contribution is -2.06. The summed E-state index contributed by atoms with van der Waals surface area (Å²) in [5.74, 6) is -1.36. The van der Waals surface area contributed by atoms with Gasteiger partial charge in [0.25, 0.3) is 0 Å². The molecule has 1 aromatic carbocycles. The third-order valence-corrected chi connectivity index (χ3v) is 3.15. The quantitative estimate of drug-likeness (QED) is 0.777. The molecule has 0 radical (unpaired) electrons. The van der Waals surface area contributed by atoms with Crippen LogP contribution in [0, 0.1) is 12.7 Å². The minimum Gasteiger partial charge on any atom is -0.478 e. The molecule has 3 rings (SSSR count). The first-order valence-electron chi connectivity index (χ1n) is 5.90. The van der Waals surface area contributed by atoms with Crippen LogP contribution in [0.5, 0.6) is 0 Å². The number of carboxylic acid groups (broad SMARTS) is 1. The van der Waals surface area contributed by atoms with E-state index in [0.29, 0.717) is 11.3 Å². The van der Waals surface area contributed by atoms with Gasteiger partial charge in [0.05, 0.1) is 17.5 Å². The van der Waals surface area contributed by atoms with E-state index in [2.05, 4.69) is 10.1 Å². The number of aryl methyl sites for hydroxylation is 1. The molecular weight excluding hydrogens is 261 g/mol. The predicted octanol–water partition coefficient (Wildman–Crippen LogP) is 2.54. The Bertz CT molecular complexity index is 809. The van der Waals surface area contributed by atoms with E-state index in [1.165, 1.54) is 22.8 Å². The maximum Gasteiger partial charge on any atom is 0.339 e. The number of rotatable bonds is 2. The molecule has 0 unspecified atom stereocenters. The number of carboxylic acids is 1. The van der Waals surface area contributed by atoms with Gasteiger partial charge in [-0.3, -0.25) is 0 Å². The molecule has 0 aliphatic rings. The molecule has 0 aliphatic heterocycles. The summed E-state index contributed by atoms with van der Waals surface area (Å²) in [7, 11) is 0. The molecule has 0 spiro atoms. The van der Waals surface area contributed by atoms with E-state index in [-0.39, 0.29) is 11.4 Å². The van der Waals surface area contributed by atoms with E-state index in [9.17, 15) is 9.18 Å². The van der Waals surface area contributed by atoms with Crippen molar-refractivity contribution in [3.05, 3.63) is 53.7 Å². The molecule has 3 aromatic rings. The third-order valence-electron chi connectivity index (χ3n) is 3.15. The van der Waals surface area contributed by atoms with Crippen molar-refractivity contribution in [3.8, 4) is 11.1 Å². The second-order valence-corrected chi connectivity index (χ2v) is 4.36. The van der Waals surface area contributed by atoms with Crippen LogP contribution in [-0.4, -0.2) is 25.7 Å². The van der Waals surface area contributed by atoms with Gasteiger partial charge in [-0.15, -0.1) is 0 Å². The van der Waals surface area contributed by atoms with Gasteiger partial charge in [0.15, 0.2) is 5.65 Å². The summed E-state index contributed by atoms with van der Waals surface area (Å²) in [5, 5.41) is 13.2. The van der Waals surface area contributed by atoms with E-state index in [4.69, 9.17) is 5.11 Å². The fraction of sp³-hybridized carbons (Fsp3) is 0.0714. The molecule has 2 heterocycles. The van der Waals surface area contributed by atoms with Crippen molar-refractivity contribution < 1.29 is 14.3 Å². The van der Waals surface area contributed by atoms with Gasteiger partial charge in [-0.1, -0.05) is 12.1 Å². The van der Waals surface area contributed by atoms with Gasteiger partial charge < -0.3 is 5.11 Å². The molecule has 0 aliphatic carbocycles. The van der Waals surface area contributed by atoms with E-state index >= 15 is 0 Å². The molecule has 0 amide bonds. The van der Waals surface area contributed by atoms with Crippen LogP contribution in [0.4, 0.5) is 4.39 Å². The fourth-order valence-corrected chi connectivity index (χ4v) is 2.09. The minimum absolute atomic E-state index is 0.103. The number of fused-ring (bicyclic) bond motifs is 1. The van der Waals surface area contributed by atoms with Crippen molar-refractivity contribution in [1.82, 2.24) is 14.6 Å². The first-order valence-corrected chi connectivity index (χ1v) is 5.90. The van der Waals surface area contributed by atoms with Crippen LogP contribution in [0.1, 0.15) is 16.1 Å². The molecule has 6 heteroatoms. The van der Waals surface area contributed by atoms with Crippen LogP contribution in [0.3, 0.4) is 0 Å². The number of aromatic nitrogens is 3. The zero-order valence-electron chi connectivity index (χ0n) is 10.5. The van der Waals surface area contributed by atoms with Crippen molar-refractivity contribution in [1.29, 1.82) is 0 Å². The van der Waals surface area contributed by atoms with Gasteiger partial charge in [0.2, 0.25) is 0 Å². The van der Waals surface area contributed by atoms with E-state index < -0.39 is 5.97 Å². The summed E-state index contributed by atoms with van der Waals surface area (Å²) in [6.07, 6.45) is 2.90. The van der Waals surface area contributed by atoms with Crippen molar-refractivity contribution in [3.63, 3.8) is 0 Å². The Morgan fingerprint density at radius 1 is 1.25 bits per heavy atom. The molecular formula is C14H10FN3O2. The standard InChI is InChI=1S/C14H10FN3O2/c1-8-11(14(19)20)6-16-13-12(7-17-18(8)13)9-2-4-10(15)5-3-9/h2-7H,1H3,(H,19,20). The first-order chi connectivity index (χ1) is 9.58. The van der Waals surface area contributed by atoms with E-state index in [1.807, 2.05) is 0 Å². The number of carbonyl (C=O) groups is 1. The van der Waals surface area contributed by atoms with Crippen LogP contribution in [0.25, 0.3) is 16.8 Å². The molecule has 0 saturated heterocycles. The normalized spacial score (nSPS) is 10.9. The molecule has 0 fully saturated rings. The van der Waals surface area contributed by atoms with Crippen molar-refractivity contribution >= 4 is 11.6 Å². The van der Waals surface area contributed by atoms with E-state index in [1.54, 1.807) is 25.3 Å². The second kappa shape index (κ2) is 4.41. The van der Waals surface area contributed by atoms with Gasteiger partial charge in [0, 0.05) is 11.8 Å². The molecule has 0 atom stereocenters. The van der Waals surface area contributed by atoms with Gasteiger partial charge in [0.1, 0.15) is 5.82 Å². The molecule has 100 valence electrons. The zero-order chi connectivity index (χ0) is 14.3. The lowest BCUT2D eigenvalue weighted by Gasteiger charge is -2.04. The number of halogens is 1. The van der Waals surface area contributed by atoms with E-state index in [0.717, 1.165) is 11.1 Å². The molecule has 20 heavy (non-hydrogen) atoms. The van der Waals surface area contributed by atoms with Crippen LogP contribution < -0.4 is 0 Å². The molecule has 2 aromatic heterocycles. The lowest BCUT2D eigenvalue weighted by atomic mass is 10.1. The number of nitrogens with zero attached hydrogens (tertiary/aromatic N) is 3. The van der Waals surface area contributed by atoms with Gasteiger partial charge in [-0.25, -0.2) is 18.7 Å². The molecule has 0 bridgehead atoms. The third kappa shape index (κ3) is 1.82. The summed E-state index contributed by atoms with van der Waals surface area (Å²) in [4.78, 5) is 15.2. The number of aromatic carboxylic acids is 1. The highest BCUT2D eigenvalue weighted by Crippen LogP contribution is 2.24. The lowest BCUT2D eigenvalue weighted by molar-refractivity contribution is 0.0695. The fourth-order valence-electron chi connectivity index (χ4n) is 2.09. The van der Waals surface area contributed by atoms with Gasteiger partial charge in [-0.05, 0) is 24.6 Å². The number of hydrogen-bond donors (Lipinski definition) is 1. The topological polar surface area (TPSA) is 67.5 Å². The Labute approximate surface area is 113 Å². The van der Waals surface area contributed by atoms with Gasteiger partial charge >= 0.3 is 5.97 Å². The highest BCUT2D eigenvalue weighted by atomic mass is 19.1. The average Bonchev–Trinajstić information content (AvgIpc) is 2.84. The van der Waals surface area contributed by atoms with Crippen LogP contribution in [-0.2, 0) is 0 Å². The van der Waals surface area contributed by atoms with Crippen LogP contribution in [0.15, 0.2) is 36.7 Å². The highest BCUT2D eigenvalue weighted by Gasteiger charge is 2.15. The van der Waals surface area contributed by atoms with Crippen LogP contribution >= 0.6 is 0 Å². The monoisotopic (exact) mass is 271 g/mol. The summed E-state index contributed by atoms with van der Waals surface area (Å²) in [5.41, 5.74) is 2.64. The van der Waals surface area contributed by atoms with Crippen molar-refractivity contribution in [2.24, 2.45) is 0 Å². The largest absolute Gasteiger partial charge is 0.478 e. The Hall–Kier alpha value is -2.76.